The number of carbonyl (C=O) groups excluding carboxylic acids is 2. The van der Waals surface area contributed by atoms with Crippen LogP contribution in [0.1, 0.15) is 12.5 Å². The lowest BCUT2D eigenvalue weighted by molar-refractivity contribution is -0.910. The predicted molar refractivity (Wildman–Crippen MR) is 93.1 cm³/mol. The van der Waals surface area contributed by atoms with Gasteiger partial charge in [-0.2, -0.15) is 8.78 Å². The molecule has 3 N–H and O–H groups in total. The highest BCUT2D eigenvalue weighted by Gasteiger charge is 2.49. The van der Waals surface area contributed by atoms with Gasteiger partial charge in [-0.3, -0.25) is 9.69 Å². The molecule has 2 aliphatic rings. The van der Waals surface area contributed by atoms with Crippen molar-refractivity contribution in [3.05, 3.63) is 29.8 Å². The van der Waals surface area contributed by atoms with Gasteiger partial charge in [0.05, 0.1) is 19.8 Å². The minimum Gasteiger partial charge on any atom is -0.435 e. The lowest BCUT2D eigenvalue weighted by atomic mass is 9.92. The van der Waals surface area contributed by atoms with E-state index >= 15 is 0 Å². The van der Waals surface area contributed by atoms with Crippen molar-refractivity contribution in [1.82, 2.24) is 10.2 Å². The Labute approximate surface area is 161 Å². The number of halogens is 2. The number of ether oxygens (including phenoxy) is 2. The number of carbonyl (C=O) groups is 2. The largest absolute Gasteiger partial charge is 0.435 e. The lowest BCUT2D eigenvalue weighted by Gasteiger charge is -2.27. The van der Waals surface area contributed by atoms with E-state index in [1.165, 1.54) is 31.2 Å². The van der Waals surface area contributed by atoms with Crippen LogP contribution in [0.4, 0.5) is 13.6 Å². The van der Waals surface area contributed by atoms with Gasteiger partial charge in [-0.15, -0.1) is 0 Å². The molecule has 0 saturated carbocycles. The Morgan fingerprint density at radius 1 is 1.29 bits per heavy atom. The number of quaternary nitrogens is 1. The summed E-state index contributed by atoms with van der Waals surface area (Å²) in [5, 5.41) is 13.0. The molecule has 8 nitrogen and oxygen atoms in total. The summed E-state index contributed by atoms with van der Waals surface area (Å²) in [6.07, 6.45) is -0.855. The molecule has 2 heterocycles. The summed E-state index contributed by atoms with van der Waals surface area (Å²) >= 11 is 0. The Bertz CT molecular complexity index is 712. The van der Waals surface area contributed by atoms with Gasteiger partial charge in [-0.05, 0) is 24.6 Å². The van der Waals surface area contributed by atoms with Gasteiger partial charge in [0.2, 0.25) is 0 Å². The minimum absolute atomic E-state index is 0.0418. The number of aliphatic hydroxyl groups is 1. The Kier molecular flexibility index (Phi) is 6.11. The highest BCUT2D eigenvalue weighted by molar-refractivity contribution is 6.07. The molecule has 0 bridgehead atoms. The summed E-state index contributed by atoms with van der Waals surface area (Å²) in [4.78, 5) is 27.4. The van der Waals surface area contributed by atoms with Crippen molar-refractivity contribution in [3.8, 4) is 5.75 Å². The maximum atomic E-state index is 12.9. The number of benzene rings is 1. The van der Waals surface area contributed by atoms with E-state index < -0.39 is 30.2 Å². The highest BCUT2D eigenvalue weighted by Crippen LogP contribution is 2.30. The zero-order valence-electron chi connectivity index (χ0n) is 15.5. The monoisotopic (exact) mass is 400 g/mol. The molecule has 3 amide bonds. The molecule has 2 fully saturated rings. The zero-order chi connectivity index (χ0) is 20.3. The molecule has 0 radical (unpaired) electrons. The molecule has 1 aromatic rings. The Hall–Kier alpha value is -2.30. The number of rotatable bonds is 7. The topological polar surface area (TPSA) is 92.5 Å². The molecule has 28 heavy (non-hydrogen) atoms. The second-order valence-electron chi connectivity index (χ2n) is 7.09. The number of aliphatic hydroxyl groups excluding tert-OH is 1. The average molecular weight is 400 g/mol. The number of alkyl halides is 2. The van der Waals surface area contributed by atoms with E-state index in [-0.39, 0.29) is 12.3 Å². The fourth-order valence-electron chi connectivity index (χ4n) is 3.50. The third kappa shape index (κ3) is 4.40. The van der Waals surface area contributed by atoms with Gasteiger partial charge in [-0.25, -0.2) is 4.79 Å². The summed E-state index contributed by atoms with van der Waals surface area (Å²) in [5.41, 5.74) is -0.908. The van der Waals surface area contributed by atoms with Crippen molar-refractivity contribution >= 4 is 11.9 Å². The summed E-state index contributed by atoms with van der Waals surface area (Å²) in [7, 11) is 0. The van der Waals surface area contributed by atoms with Crippen LogP contribution in [0.25, 0.3) is 0 Å². The van der Waals surface area contributed by atoms with Crippen LogP contribution in [-0.4, -0.2) is 74.1 Å². The van der Waals surface area contributed by atoms with Gasteiger partial charge < -0.3 is 24.8 Å². The third-order valence-electron chi connectivity index (χ3n) is 5.05. The molecule has 154 valence electrons. The molecule has 0 aliphatic carbocycles. The first-order chi connectivity index (χ1) is 13.3. The van der Waals surface area contributed by atoms with Crippen LogP contribution >= 0.6 is 0 Å². The molecule has 0 aromatic heterocycles. The summed E-state index contributed by atoms with van der Waals surface area (Å²) < 4.78 is 34.1. The number of hydrogen-bond donors (Lipinski definition) is 3. The fraction of sp³-hybridized carbons (Fsp3) is 0.556. The predicted octanol–water partition coefficient (Wildman–Crippen LogP) is -0.669. The molecule has 0 spiro atoms. The lowest BCUT2D eigenvalue weighted by Crippen LogP contribution is -3.15. The molecular weight excluding hydrogens is 376 g/mol. The maximum Gasteiger partial charge on any atom is 0.387 e. The summed E-state index contributed by atoms with van der Waals surface area (Å²) in [6, 6.07) is 4.93. The van der Waals surface area contributed by atoms with Crippen molar-refractivity contribution in [2.75, 3.05) is 39.4 Å². The third-order valence-corrected chi connectivity index (χ3v) is 5.05. The Balaban J connectivity index is 1.66. The van der Waals surface area contributed by atoms with Gasteiger partial charge in [0.15, 0.2) is 0 Å². The van der Waals surface area contributed by atoms with E-state index in [2.05, 4.69) is 10.1 Å². The van der Waals surface area contributed by atoms with Crippen LogP contribution in [0.3, 0.4) is 0 Å². The van der Waals surface area contributed by atoms with Crippen molar-refractivity contribution < 1.29 is 37.9 Å². The van der Waals surface area contributed by atoms with Gasteiger partial charge in [-0.1, -0.05) is 12.1 Å². The van der Waals surface area contributed by atoms with E-state index in [1.54, 1.807) is 0 Å². The van der Waals surface area contributed by atoms with Crippen molar-refractivity contribution in [3.63, 3.8) is 0 Å². The zero-order valence-corrected chi connectivity index (χ0v) is 15.5. The van der Waals surface area contributed by atoms with E-state index in [0.29, 0.717) is 25.3 Å². The van der Waals surface area contributed by atoms with Crippen LogP contribution in [0.2, 0.25) is 0 Å². The number of nitrogens with one attached hydrogen (secondary N) is 2. The smallest absolute Gasteiger partial charge is 0.387 e. The highest BCUT2D eigenvalue weighted by atomic mass is 19.3. The van der Waals surface area contributed by atoms with E-state index in [9.17, 15) is 23.5 Å². The number of β-amino-alcohol motifs (C(OH)–C–C–N with tert-alkyl or cyclic N) is 1. The van der Waals surface area contributed by atoms with Crippen LogP contribution < -0.4 is 15.0 Å². The summed E-state index contributed by atoms with van der Waals surface area (Å²) in [6.45, 7) is 1.66. The van der Waals surface area contributed by atoms with Crippen LogP contribution in [-0.2, 0) is 15.1 Å². The van der Waals surface area contributed by atoms with E-state index in [4.69, 9.17) is 4.74 Å². The van der Waals surface area contributed by atoms with Gasteiger partial charge in [0, 0.05) is 0 Å². The number of urea groups is 1. The average Bonchev–Trinajstić information content (AvgIpc) is 2.86. The number of amides is 3. The Morgan fingerprint density at radius 3 is 2.54 bits per heavy atom. The second-order valence-corrected chi connectivity index (χ2v) is 7.09. The number of morpholine rings is 1. The normalized spacial score (nSPS) is 24.5. The molecule has 10 heteroatoms. The molecule has 2 saturated heterocycles. The molecule has 3 rings (SSSR count). The number of imide groups is 1. The van der Waals surface area contributed by atoms with Crippen LogP contribution in [0, 0.1) is 0 Å². The van der Waals surface area contributed by atoms with Crippen molar-refractivity contribution in [2.24, 2.45) is 0 Å². The van der Waals surface area contributed by atoms with E-state index in [1.807, 2.05) is 0 Å². The fourth-order valence-corrected chi connectivity index (χ4v) is 3.50. The van der Waals surface area contributed by atoms with Gasteiger partial charge >= 0.3 is 12.6 Å². The number of hydrogen-bond acceptors (Lipinski definition) is 5. The maximum absolute atomic E-state index is 12.9. The summed E-state index contributed by atoms with van der Waals surface area (Å²) in [5.74, 6) is -0.545. The molecule has 1 aromatic carbocycles. The van der Waals surface area contributed by atoms with Crippen LogP contribution in [0.15, 0.2) is 24.3 Å². The van der Waals surface area contributed by atoms with Gasteiger partial charge in [0.1, 0.15) is 37.0 Å². The van der Waals surface area contributed by atoms with Crippen LogP contribution in [0.5, 0.6) is 5.75 Å². The number of nitrogens with zero attached hydrogens (tertiary/aromatic N) is 1. The Morgan fingerprint density at radius 2 is 1.93 bits per heavy atom. The second kappa shape index (κ2) is 8.38. The minimum atomic E-state index is -2.94. The van der Waals surface area contributed by atoms with Gasteiger partial charge in [0.25, 0.3) is 5.91 Å². The molecule has 0 unspecified atom stereocenters. The first kappa shape index (κ1) is 20.4. The van der Waals surface area contributed by atoms with E-state index in [0.717, 1.165) is 22.9 Å². The first-order valence-corrected chi connectivity index (χ1v) is 9.08. The molecule has 2 atom stereocenters. The first-order valence-electron chi connectivity index (χ1n) is 9.08. The molecular formula is C18H24F2N3O5+. The SMILES string of the molecule is C[C@@]1(c2ccc(OC(F)F)cc2)NC(=O)N(C[C@@H](O)C[NH+]2CCOCC2)C1=O. The van der Waals surface area contributed by atoms with Crippen molar-refractivity contribution in [2.45, 2.75) is 25.2 Å². The van der Waals surface area contributed by atoms with Crippen molar-refractivity contribution in [1.29, 1.82) is 0 Å². The standard InChI is InChI=1S/C18H23F2N3O5/c1-18(12-2-4-14(5-3-12)28-16(19)20)15(25)23(17(26)21-18)11-13(24)10-22-6-8-27-9-7-22/h2-5,13,16,24H,6-11H2,1H3,(H,21,26)/p+1/t13-,18-/m0/s1. The quantitative estimate of drug-likeness (QED) is 0.528. The molecule has 2 aliphatic heterocycles.